The van der Waals surface area contributed by atoms with Gasteiger partial charge in [0.15, 0.2) is 0 Å². The molecule has 12 heteroatoms. The maximum Gasteiger partial charge on any atom is 0.310 e. The minimum atomic E-state index is -9.95. The molecule has 160 valence electrons. The topological polar surface area (TPSA) is 51.2 Å². The van der Waals surface area contributed by atoms with Gasteiger partial charge in [-0.1, -0.05) is 25.5 Å². The van der Waals surface area contributed by atoms with Gasteiger partial charge in [-0.05, 0) is 36.4 Å². The number of halogens is 7. The van der Waals surface area contributed by atoms with Crippen molar-refractivity contribution >= 4 is 21.8 Å². The van der Waals surface area contributed by atoms with E-state index in [9.17, 15) is 33.0 Å². The Kier molecular flexibility index (Phi) is 4.73. The molecule has 0 aliphatic heterocycles. The summed E-state index contributed by atoms with van der Waals surface area (Å²) in [6.45, 7) is 0. The largest absolute Gasteiger partial charge is 0.438 e. The van der Waals surface area contributed by atoms with Gasteiger partial charge in [0.25, 0.3) is 5.91 Å². The van der Waals surface area contributed by atoms with Gasteiger partial charge in [-0.3, -0.25) is 4.79 Å². The van der Waals surface area contributed by atoms with Crippen LogP contribution in [0.3, 0.4) is 0 Å². The predicted molar refractivity (Wildman–Crippen MR) is 96.5 cm³/mol. The van der Waals surface area contributed by atoms with Gasteiger partial charge in [-0.2, -0.15) is 0 Å². The van der Waals surface area contributed by atoms with Crippen molar-refractivity contribution < 1.29 is 37.7 Å². The van der Waals surface area contributed by atoms with Crippen molar-refractivity contribution in [1.29, 1.82) is 0 Å². The smallest absolute Gasteiger partial charge is 0.310 e. The molecule has 1 amide bonds. The molecular formula is C18H11F7N2O2S. The second-order valence-corrected chi connectivity index (χ2v) is 8.39. The minimum absolute atomic E-state index is 0.0809. The highest BCUT2D eigenvalue weighted by Crippen LogP contribution is 3.02. The Morgan fingerprint density at radius 3 is 2.33 bits per heavy atom. The van der Waals surface area contributed by atoms with E-state index in [-0.39, 0.29) is 23.4 Å². The highest BCUT2D eigenvalue weighted by atomic mass is 32.5. The lowest BCUT2D eigenvalue weighted by Gasteiger charge is -2.40. The summed E-state index contributed by atoms with van der Waals surface area (Å²) in [4.78, 5) is 13.9. The van der Waals surface area contributed by atoms with Gasteiger partial charge >= 0.3 is 10.2 Å². The van der Waals surface area contributed by atoms with E-state index in [1.165, 1.54) is 6.07 Å². The number of pyridine rings is 1. The number of rotatable bonds is 5. The lowest BCUT2D eigenvalue weighted by molar-refractivity contribution is 0.102. The molecule has 3 rings (SSSR count). The van der Waals surface area contributed by atoms with Gasteiger partial charge in [0, 0.05) is 18.3 Å². The first-order chi connectivity index (χ1) is 13.7. The molecule has 1 heterocycles. The summed E-state index contributed by atoms with van der Waals surface area (Å²) in [5.74, 6) is -4.09. The zero-order valence-electron chi connectivity index (χ0n) is 14.6. The third kappa shape index (κ3) is 5.00. The average Bonchev–Trinajstić information content (AvgIpc) is 2.63. The molecule has 4 nitrogen and oxygen atoms in total. The normalized spacial score (nSPS) is 13.8. The number of carbonyl (C=O) groups excluding carboxylic acids is 1. The standard InChI is InChI=1S/C18H11F7N2O2S/c19-11-6-7-16(15(20)9-11)27-17(28)14-5-2-8-26-18(14)29-12-3-1-4-13(10-12)30(21,22,23,24)25/h1-10H,(H,27,28). The molecule has 0 radical (unpaired) electrons. The predicted octanol–water partition coefficient (Wildman–Crippen LogP) is 7.06. The Morgan fingerprint density at radius 1 is 0.933 bits per heavy atom. The fourth-order valence-electron chi connectivity index (χ4n) is 2.31. The van der Waals surface area contributed by atoms with Crippen LogP contribution in [0.5, 0.6) is 11.6 Å². The molecule has 0 saturated heterocycles. The highest BCUT2D eigenvalue weighted by Gasteiger charge is 2.65. The van der Waals surface area contributed by atoms with Crippen molar-refractivity contribution in [1.82, 2.24) is 4.98 Å². The fraction of sp³-hybridized carbons (Fsp3) is 0. The van der Waals surface area contributed by atoms with Gasteiger partial charge in [-0.15, -0.1) is 0 Å². The Morgan fingerprint density at radius 2 is 1.67 bits per heavy atom. The molecule has 0 fully saturated rings. The SMILES string of the molecule is O=C(Nc1ccc(F)cc1F)c1cccnc1Oc1cccc(S(F)(F)(F)(F)F)c1. The van der Waals surface area contributed by atoms with Gasteiger partial charge in [-0.25, -0.2) is 13.8 Å². The Labute approximate surface area is 165 Å². The van der Waals surface area contributed by atoms with Crippen molar-refractivity contribution in [3.63, 3.8) is 0 Å². The number of ether oxygens (including phenoxy) is 1. The Balaban J connectivity index is 1.91. The van der Waals surface area contributed by atoms with Crippen molar-refractivity contribution in [2.75, 3.05) is 5.32 Å². The summed E-state index contributed by atoms with van der Waals surface area (Å²) in [5, 5.41) is 2.13. The summed E-state index contributed by atoms with van der Waals surface area (Å²) in [6, 6.07) is 6.77. The quantitative estimate of drug-likeness (QED) is 0.422. The number of nitrogens with zero attached hydrogens (tertiary/aromatic N) is 1. The summed E-state index contributed by atoms with van der Waals surface area (Å²) in [7, 11) is -9.95. The third-order valence-electron chi connectivity index (χ3n) is 3.66. The maximum atomic E-state index is 13.7. The van der Waals surface area contributed by atoms with E-state index in [1.807, 2.05) is 0 Å². The first kappa shape index (κ1) is 21.4. The van der Waals surface area contributed by atoms with Gasteiger partial charge in [0.2, 0.25) is 5.88 Å². The second kappa shape index (κ2) is 6.62. The summed E-state index contributed by atoms with van der Waals surface area (Å²) in [5.41, 5.74) is -0.710. The van der Waals surface area contributed by atoms with Crippen LogP contribution in [0.4, 0.5) is 33.9 Å². The monoisotopic (exact) mass is 452 g/mol. The first-order valence-electron chi connectivity index (χ1n) is 7.96. The number of nitrogens with one attached hydrogen (secondary N) is 1. The number of benzene rings is 2. The molecule has 0 saturated carbocycles. The molecule has 0 spiro atoms. The van der Waals surface area contributed by atoms with Crippen LogP contribution in [0.15, 0.2) is 65.7 Å². The first-order valence-corrected chi connectivity index (χ1v) is 9.91. The molecule has 0 bridgehead atoms. The number of amides is 1. The number of hydrogen-bond donors (Lipinski definition) is 1. The molecule has 3 aromatic rings. The number of anilines is 1. The average molecular weight is 452 g/mol. The number of carbonyl (C=O) groups is 1. The van der Waals surface area contributed by atoms with Crippen LogP contribution in [0.1, 0.15) is 10.4 Å². The fourth-order valence-corrected chi connectivity index (χ4v) is 2.99. The molecule has 0 aliphatic rings. The highest BCUT2D eigenvalue weighted by molar-refractivity contribution is 8.45. The van der Waals surface area contributed by atoms with Crippen molar-refractivity contribution in [2.24, 2.45) is 0 Å². The third-order valence-corrected chi connectivity index (χ3v) is 4.81. The molecule has 0 unspecified atom stereocenters. The molecule has 1 aromatic heterocycles. The maximum absolute atomic E-state index is 13.7. The van der Waals surface area contributed by atoms with Crippen LogP contribution in [0.25, 0.3) is 0 Å². The van der Waals surface area contributed by atoms with Gasteiger partial charge < -0.3 is 10.1 Å². The van der Waals surface area contributed by atoms with Crippen LogP contribution in [0, 0.1) is 11.6 Å². The summed E-state index contributed by atoms with van der Waals surface area (Å²) >= 11 is 0. The summed E-state index contributed by atoms with van der Waals surface area (Å²) in [6.07, 6.45) is 1.14. The molecular weight excluding hydrogens is 441 g/mol. The lowest BCUT2D eigenvalue weighted by atomic mass is 10.2. The number of aromatic nitrogens is 1. The van der Waals surface area contributed by atoms with Crippen LogP contribution in [-0.2, 0) is 0 Å². The van der Waals surface area contributed by atoms with Crippen LogP contribution in [-0.4, -0.2) is 10.9 Å². The number of hydrogen-bond acceptors (Lipinski definition) is 3. The van der Waals surface area contributed by atoms with Crippen LogP contribution in [0.2, 0.25) is 0 Å². The van der Waals surface area contributed by atoms with Gasteiger partial charge in [0.05, 0.1) is 5.69 Å². The van der Waals surface area contributed by atoms with E-state index in [4.69, 9.17) is 4.74 Å². The summed E-state index contributed by atoms with van der Waals surface area (Å²) < 4.78 is 96.7. The van der Waals surface area contributed by atoms with E-state index in [0.29, 0.717) is 12.1 Å². The zero-order valence-corrected chi connectivity index (χ0v) is 15.4. The van der Waals surface area contributed by atoms with Gasteiger partial charge in [0.1, 0.15) is 27.8 Å². The van der Waals surface area contributed by atoms with E-state index in [1.54, 1.807) is 0 Å². The van der Waals surface area contributed by atoms with Crippen molar-refractivity contribution in [2.45, 2.75) is 4.90 Å². The zero-order chi connectivity index (χ0) is 22.2. The molecule has 0 aliphatic carbocycles. The minimum Gasteiger partial charge on any atom is -0.438 e. The van der Waals surface area contributed by atoms with E-state index in [2.05, 4.69) is 10.3 Å². The Bertz CT molecular complexity index is 1140. The molecule has 2 aromatic carbocycles. The lowest BCUT2D eigenvalue weighted by Crippen LogP contribution is -2.14. The molecule has 1 N–H and O–H groups in total. The van der Waals surface area contributed by atoms with E-state index >= 15 is 0 Å². The van der Waals surface area contributed by atoms with E-state index in [0.717, 1.165) is 30.5 Å². The van der Waals surface area contributed by atoms with E-state index < -0.39 is 44.3 Å². The Hall–Kier alpha value is -3.28. The van der Waals surface area contributed by atoms with Crippen molar-refractivity contribution in [3.05, 3.63) is 78.0 Å². The molecule has 0 atom stereocenters. The molecule has 30 heavy (non-hydrogen) atoms. The van der Waals surface area contributed by atoms with Crippen LogP contribution < -0.4 is 10.1 Å². The van der Waals surface area contributed by atoms with Crippen molar-refractivity contribution in [3.8, 4) is 11.6 Å². The second-order valence-electron chi connectivity index (χ2n) is 5.98. The van der Waals surface area contributed by atoms with Crippen LogP contribution >= 0.6 is 10.2 Å².